The van der Waals surface area contributed by atoms with E-state index in [1.807, 2.05) is 6.92 Å². The van der Waals surface area contributed by atoms with Crippen LogP contribution in [0.5, 0.6) is 0 Å². The van der Waals surface area contributed by atoms with Gasteiger partial charge < -0.3 is 20.1 Å². The Morgan fingerprint density at radius 3 is 2.00 bits per heavy atom. The molecule has 0 aromatic rings. The van der Waals surface area contributed by atoms with E-state index in [1.165, 1.54) is 0 Å². The summed E-state index contributed by atoms with van der Waals surface area (Å²) in [6.07, 6.45) is 2.09. The third-order valence-electron chi connectivity index (χ3n) is 5.56. The van der Waals surface area contributed by atoms with Gasteiger partial charge in [0.1, 0.15) is 6.10 Å². The van der Waals surface area contributed by atoms with Gasteiger partial charge in [-0.3, -0.25) is 14.4 Å². The van der Waals surface area contributed by atoms with Crippen LogP contribution in [0.25, 0.3) is 0 Å². The predicted octanol–water partition coefficient (Wildman–Crippen LogP) is 1.79. The van der Waals surface area contributed by atoms with E-state index >= 15 is 0 Å². The summed E-state index contributed by atoms with van der Waals surface area (Å²) in [6.45, 7) is 4.10. The molecule has 0 bridgehead atoms. The summed E-state index contributed by atoms with van der Waals surface area (Å²) in [5.74, 6) is -4.79. The molecule has 3 N–H and O–H groups in total. The molecule has 172 valence electrons. The molecule has 1 heterocycles. The fourth-order valence-electron chi connectivity index (χ4n) is 3.61. The van der Waals surface area contributed by atoms with Gasteiger partial charge in [-0.15, -0.1) is 0 Å². The van der Waals surface area contributed by atoms with Crippen LogP contribution in [0.3, 0.4) is 0 Å². The summed E-state index contributed by atoms with van der Waals surface area (Å²) >= 11 is 0. The van der Waals surface area contributed by atoms with E-state index in [2.05, 4.69) is 6.92 Å². The molecule has 8 nitrogen and oxygen atoms in total. The topological polar surface area (TPSA) is 138 Å². The molecular weight excluding hydrogens is 392 g/mol. The molecule has 4 atom stereocenters. The van der Waals surface area contributed by atoms with Gasteiger partial charge in [0.25, 0.3) is 0 Å². The predicted molar refractivity (Wildman–Crippen MR) is 109 cm³/mol. The molecule has 1 fully saturated rings. The number of carbonyl (C=O) groups is 4. The van der Waals surface area contributed by atoms with Crippen LogP contribution < -0.4 is 0 Å². The molecule has 0 aromatic carbocycles. The minimum Gasteiger partial charge on any atom is -0.448 e. The maximum absolute atomic E-state index is 12.9. The third-order valence-corrected chi connectivity index (χ3v) is 5.56. The Hall–Kier alpha value is -1.64. The van der Waals surface area contributed by atoms with Crippen LogP contribution in [0, 0.1) is 0 Å². The van der Waals surface area contributed by atoms with Crippen molar-refractivity contribution < 1.29 is 39.2 Å². The molecule has 30 heavy (non-hydrogen) atoms. The lowest BCUT2D eigenvalue weighted by Gasteiger charge is -2.30. The maximum atomic E-state index is 12.9. The molecule has 1 rings (SSSR count). The summed E-state index contributed by atoms with van der Waals surface area (Å²) in [5.41, 5.74) is -2.99. The Morgan fingerprint density at radius 2 is 1.50 bits per heavy atom. The molecule has 0 saturated carbocycles. The van der Waals surface area contributed by atoms with Gasteiger partial charge in [-0.2, -0.15) is 0 Å². The number of rotatable bonds is 16. The Balaban J connectivity index is 2.91. The number of cyclic esters (lactones) is 1. The number of aliphatic hydroxyl groups is 3. The zero-order valence-electron chi connectivity index (χ0n) is 18.1. The average Bonchev–Trinajstić information content (AvgIpc) is 2.99. The molecule has 0 aliphatic carbocycles. The first-order chi connectivity index (χ1) is 14.2. The van der Waals surface area contributed by atoms with E-state index in [0.717, 1.165) is 44.9 Å². The smallest absolute Gasteiger partial charge is 0.343 e. The Labute approximate surface area is 178 Å². The second-order valence-corrected chi connectivity index (χ2v) is 8.06. The summed E-state index contributed by atoms with van der Waals surface area (Å²) in [7, 11) is 0. The highest BCUT2D eigenvalue weighted by molar-refractivity contribution is 6.20. The molecule has 8 heteroatoms. The van der Waals surface area contributed by atoms with E-state index in [0.29, 0.717) is 19.3 Å². The second kappa shape index (κ2) is 12.9. The van der Waals surface area contributed by atoms with Gasteiger partial charge >= 0.3 is 5.97 Å². The van der Waals surface area contributed by atoms with E-state index in [4.69, 9.17) is 4.74 Å². The normalized spacial score (nSPS) is 21.9. The number of carbonyl (C=O) groups excluding carboxylic acids is 4. The van der Waals surface area contributed by atoms with Gasteiger partial charge in [0.2, 0.25) is 29.4 Å². The number of ketones is 3. The quantitative estimate of drug-likeness (QED) is 0.192. The lowest BCUT2D eigenvalue weighted by atomic mass is 9.80. The maximum Gasteiger partial charge on any atom is 0.343 e. The van der Waals surface area contributed by atoms with Crippen LogP contribution in [0.15, 0.2) is 0 Å². The average molecular weight is 429 g/mol. The van der Waals surface area contributed by atoms with Crippen molar-refractivity contribution in [3.8, 4) is 0 Å². The van der Waals surface area contributed by atoms with Gasteiger partial charge in [0.05, 0.1) is 0 Å². The molecule has 0 radical (unpaired) electrons. The van der Waals surface area contributed by atoms with Gasteiger partial charge in [-0.1, -0.05) is 71.6 Å². The standard InChI is InChI=1S/C22H36O8/c1-3-5-7-9-11-13-15(23)19(27)22(29,16(24)14-12-10-8-6-4-2)20-17(25)18(26)21(28)30-20/h15,18,20,23,26,29H,3-14H2,1-2H3/t15?,18?,20-,22-/m0/s1. The van der Waals surface area contributed by atoms with Crippen LogP contribution in [0.4, 0.5) is 0 Å². The van der Waals surface area contributed by atoms with Crippen molar-refractivity contribution in [1.29, 1.82) is 0 Å². The third kappa shape index (κ3) is 6.68. The number of hydrogen-bond acceptors (Lipinski definition) is 8. The number of ether oxygens (including phenoxy) is 1. The molecule has 2 unspecified atom stereocenters. The van der Waals surface area contributed by atoms with Crippen LogP contribution in [0.2, 0.25) is 0 Å². The largest absolute Gasteiger partial charge is 0.448 e. The fourth-order valence-corrected chi connectivity index (χ4v) is 3.61. The van der Waals surface area contributed by atoms with Crippen LogP contribution in [-0.4, -0.2) is 62.6 Å². The van der Waals surface area contributed by atoms with E-state index in [-0.39, 0.29) is 12.8 Å². The van der Waals surface area contributed by atoms with Crippen molar-refractivity contribution >= 4 is 23.3 Å². The lowest BCUT2D eigenvalue weighted by Crippen LogP contribution is -2.61. The van der Waals surface area contributed by atoms with Gasteiger partial charge in [-0.05, 0) is 12.8 Å². The number of hydrogen-bond donors (Lipinski definition) is 3. The van der Waals surface area contributed by atoms with E-state index in [1.54, 1.807) is 0 Å². The molecule has 1 aliphatic heterocycles. The molecule has 0 spiro atoms. The molecule has 1 aliphatic rings. The van der Waals surface area contributed by atoms with Crippen LogP contribution in [0.1, 0.15) is 90.9 Å². The molecule has 1 saturated heterocycles. The Bertz CT molecular complexity index is 602. The molecule has 0 aromatic heterocycles. The minimum absolute atomic E-state index is 0.0199. The first-order valence-electron chi connectivity index (χ1n) is 11.1. The zero-order chi connectivity index (χ0) is 22.7. The van der Waals surface area contributed by atoms with E-state index in [9.17, 15) is 34.5 Å². The zero-order valence-corrected chi connectivity index (χ0v) is 18.1. The van der Waals surface area contributed by atoms with Crippen molar-refractivity contribution in [2.75, 3.05) is 0 Å². The number of unbranched alkanes of at least 4 members (excludes halogenated alkanes) is 8. The fraction of sp³-hybridized carbons (Fsp3) is 0.818. The number of Topliss-reactive ketones (excluding diaryl/α,β-unsaturated/α-hetero) is 3. The first kappa shape index (κ1) is 26.4. The summed E-state index contributed by atoms with van der Waals surface area (Å²) in [6, 6.07) is 0. The van der Waals surface area contributed by atoms with Crippen molar-refractivity contribution in [3.05, 3.63) is 0 Å². The molecular formula is C22H36O8. The number of aliphatic hydroxyl groups excluding tert-OH is 2. The minimum atomic E-state index is -2.99. The van der Waals surface area contributed by atoms with Gasteiger partial charge in [0.15, 0.2) is 5.78 Å². The second-order valence-electron chi connectivity index (χ2n) is 8.06. The van der Waals surface area contributed by atoms with Gasteiger partial charge in [0, 0.05) is 6.42 Å². The number of esters is 1. The van der Waals surface area contributed by atoms with E-state index < -0.39 is 47.2 Å². The van der Waals surface area contributed by atoms with Crippen LogP contribution >= 0.6 is 0 Å². The van der Waals surface area contributed by atoms with Crippen LogP contribution in [-0.2, 0) is 23.9 Å². The Morgan fingerprint density at radius 1 is 0.967 bits per heavy atom. The van der Waals surface area contributed by atoms with Gasteiger partial charge in [-0.25, -0.2) is 4.79 Å². The van der Waals surface area contributed by atoms with Crippen molar-refractivity contribution in [3.63, 3.8) is 0 Å². The summed E-state index contributed by atoms with van der Waals surface area (Å²) in [5, 5.41) is 30.9. The Kier molecular flexibility index (Phi) is 11.4. The highest BCUT2D eigenvalue weighted by Gasteiger charge is 2.61. The summed E-state index contributed by atoms with van der Waals surface area (Å²) in [4.78, 5) is 49.4. The van der Waals surface area contributed by atoms with Crippen molar-refractivity contribution in [2.45, 2.75) is 115 Å². The lowest BCUT2D eigenvalue weighted by molar-refractivity contribution is -0.176. The van der Waals surface area contributed by atoms with Crippen molar-refractivity contribution in [2.24, 2.45) is 0 Å². The first-order valence-corrected chi connectivity index (χ1v) is 11.1. The monoisotopic (exact) mass is 428 g/mol. The SMILES string of the molecule is CCCCCCCC(=O)[C@](O)(C(=O)C(O)CCCCCCC)[C@H]1OC(=O)C(O)C1=O. The molecule has 0 amide bonds. The van der Waals surface area contributed by atoms with Crippen molar-refractivity contribution in [1.82, 2.24) is 0 Å². The summed E-state index contributed by atoms with van der Waals surface area (Å²) < 4.78 is 4.70. The highest BCUT2D eigenvalue weighted by atomic mass is 16.6. The highest BCUT2D eigenvalue weighted by Crippen LogP contribution is 2.29.